The van der Waals surface area contributed by atoms with Crippen molar-refractivity contribution in [3.05, 3.63) is 29.8 Å². The molecule has 0 aliphatic heterocycles. The van der Waals surface area contributed by atoms with Gasteiger partial charge in [0.15, 0.2) is 0 Å². The van der Waals surface area contributed by atoms with E-state index in [-0.39, 0.29) is 13.2 Å². The van der Waals surface area contributed by atoms with Crippen molar-refractivity contribution >= 4 is 35.8 Å². The highest BCUT2D eigenvalue weighted by molar-refractivity contribution is 8.60. The van der Waals surface area contributed by atoms with E-state index in [0.29, 0.717) is 5.75 Å². The molecule has 0 aromatic heterocycles. The maximum Gasteiger partial charge on any atom is 0.407 e. The molecular formula is C14H22NO4PS2. The third kappa shape index (κ3) is 8.03. The topological polar surface area (TPSA) is 56.8 Å². The van der Waals surface area contributed by atoms with Crippen LogP contribution in [-0.2, 0) is 21.1 Å². The first-order chi connectivity index (χ1) is 10.1. The lowest BCUT2D eigenvalue weighted by atomic mass is 10.2. The standard InChI is InChI=1S/C14H22NO4PS2/c1-11-7-5-6-8-12(11)19-20(21,22)17-10-9-15-13(16)18-14(2,3)4/h5-8H,9-10H2,1-4H3,(H,15,16)(H,21,22). The molecule has 1 aromatic rings. The minimum atomic E-state index is -2.71. The minimum absolute atomic E-state index is 0.200. The number of hydrogen-bond donors (Lipinski definition) is 2. The first-order valence-electron chi connectivity index (χ1n) is 6.78. The zero-order valence-corrected chi connectivity index (χ0v) is 15.8. The number of rotatable bonds is 6. The quantitative estimate of drug-likeness (QED) is 0.453. The van der Waals surface area contributed by atoms with Crippen molar-refractivity contribution in [2.24, 2.45) is 0 Å². The SMILES string of the molecule is Cc1ccccc1OP(=S)(S)OCCNC(=O)OC(C)(C)C. The molecule has 8 heteroatoms. The van der Waals surface area contributed by atoms with Crippen LogP contribution in [0.5, 0.6) is 5.75 Å². The fourth-order valence-electron chi connectivity index (χ4n) is 1.44. The number of nitrogens with one attached hydrogen (secondary N) is 1. The van der Waals surface area contributed by atoms with Crippen LogP contribution >= 0.6 is 17.9 Å². The normalized spacial score (nSPS) is 14.0. The van der Waals surface area contributed by atoms with Crippen LogP contribution in [0.3, 0.4) is 0 Å². The van der Waals surface area contributed by atoms with Gasteiger partial charge in [-0.05, 0) is 51.1 Å². The summed E-state index contributed by atoms with van der Waals surface area (Å²) in [7, 11) is 0. The Labute approximate surface area is 142 Å². The molecule has 1 amide bonds. The molecule has 124 valence electrons. The number of carbonyl (C=O) groups excluding carboxylic acids is 1. The predicted octanol–water partition coefficient (Wildman–Crippen LogP) is 4.07. The molecule has 1 N–H and O–H groups in total. The van der Waals surface area contributed by atoms with Crippen molar-refractivity contribution in [1.29, 1.82) is 0 Å². The summed E-state index contributed by atoms with van der Waals surface area (Å²) in [6, 6.07) is 7.50. The van der Waals surface area contributed by atoms with E-state index in [9.17, 15) is 4.79 Å². The Balaban J connectivity index is 2.36. The number of ether oxygens (including phenoxy) is 1. The van der Waals surface area contributed by atoms with Gasteiger partial charge in [-0.25, -0.2) is 4.79 Å². The summed E-state index contributed by atoms with van der Waals surface area (Å²) in [6.07, 6.45) is -0.497. The first-order valence-corrected chi connectivity index (χ1v) is 10.6. The third-order valence-electron chi connectivity index (χ3n) is 2.33. The van der Waals surface area contributed by atoms with E-state index >= 15 is 0 Å². The second-order valence-corrected chi connectivity index (χ2v) is 10.8. The number of hydrogen-bond acceptors (Lipinski definition) is 5. The second-order valence-electron chi connectivity index (χ2n) is 5.59. The van der Waals surface area contributed by atoms with Crippen LogP contribution in [0.25, 0.3) is 0 Å². The van der Waals surface area contributed by atoms with Crippen molar-refractivity contribution in [2.75, 3.05) is 13.2 Å². The molecule has 1 atom stereocenters. The van der Waals surface area contributed by atoms with Crippen LogP contribution in [0.4, 0.5) is 4.79 Å². The third-order valence-corrected chi connectivity index (χ3v) is 4.40. The molecule has 0 radical (unpaired) electrons. The second kappa shape index (κ2) is 8.20. The van der Waals surface area contributed by atoms with Crippen molar-refractivity contribution in [1.82, 2.24) is 5.32 Å². The van der Waals surface area contributed by atoms with Crippen LogP contribution in [0.2, 0.25) is 0 Å². The van der Waals surface area contributed by atoms with Gasteiger partial charge >= 0.3 is 6.09 Å². The van der Waals surface area contributed by atoms with Crippen LogP contribution in [0.1, 0.15) is 26.3 Å². The zero-order chi connectivity index (χ0) is 16.8. The number of para-hydroxylation sites is 1. The average Bonchev–Trinajstić information content (AvgIpc) is 2.35. The molecule has 0 saturated carbocycles. The Bertz CT molecular complexity index is 560. The molecule has 0 fully saturated rings. The largest absolute Gasteiger partial charge is 0.444 e. The van der Waals surface area contributed by atoms with Gasteiger partial charge in [0.25, 0.3) is 5.69 Å². The van der Waals surface area contributed by atoms with Gasteiger partial charge in [0.05, 0.1) is 6.61 Å². The molecule has 5 nitrogen and oxygen atoms in total. The first kappa shape index (κ1) is 19.3. The lowest BCUT2D eigenvalue weighted by Crippen LogP contribution is -2.34. The molecule has 1 aromatic carbocycles. The highest BCUT2D eigenvalue weighted by Gasteiger charge is 2.18. The van der Waals surface area contributed by atoms with E-state index < -0.39 is 17.4 Å². The van der Waals surface area contributed by atoms with E-state index in [1.54, 1.807) is 20.8 Å². The molecule has 0 spiro atoms. The molecule has 0 saturated heterocycles. The molecule has 22 heavy (non-hydrogen) atoms. The molecule has 1 unspecified atom stereocenters. The fraction of sp³-hybridized carbons (Fsp3) is 0.500. The van der Waals surface area contributed by atoms with Crippen molar-refractivity contribution in [3.63, 3.8) is 0 Å². The van der Waals surface area contributed by atoms with Gasteiger partial charge in [-0.1, -0.05) is 30.4 Å². The number of thiol groups is 1. The number of aryl methyl sites for hydroxylation is 1. The van der Waals surface area contributed by atoms with Gasteiger partial charge in [-0.2, -0.15) is 0 Å². The minimum Gasteiger partial charge on any atom is -0.444 e. The Morgan fingerprint density at radius 2 is 2.00 bits per heavy atom. The molecule has 0 heterocycles. The van der Waals surface area contributed by atoms with E-state index in [0.717, 1.165) is 5.56 Å². The smallest absolute Gasteiger partial charge is 0.407 e. The van der Waals surface area contributed by atoms with Crippen molar-refractivity contribution < 1.29 is 18.6 Å². The summed E-state index contributed by atoms with van der Waals surface area (Å²) in [4.78, 5) is 11.5. The molecule has 1 rings (SSSR count). The maximum absolute atomic E-state index is 11.5. The highest BCUT2D eigenvalue weighted by atomic mass is 32.9. The van der Waals surface area contributed by atoms with Gasteiger partial charge in [0, 0.05) is 6.54 Å². The summed E-state index contributed by atoms with van der Waals surface area (Å²) in [5, 5.41) is 2.58. The Morgan fingerprint density at radius 1 is 1.36 bits per heavy atom. The van der Waals surface area contributed by atoms with E-state index in [4.69, 9.17) is 25.6 Å². The van der Waals surface area contributed by atoms with Crippen LogP contribution in [0, 0.1) is 6.92 Å². The number of alkyl carbamates (subject to hydrolysis) is 1. The van der Waals surface area contributed by atoms with Gasteiger partial charge in [-0.3, -0.25) is 0 Å². The molecule has 0 bridgehead atoms. The highest BCUT2D eigenvalue weighted by Crippen LogP contribution is 2.53. The van der Waals surface area contributed by atoms with E-state index in [1.165, 1.54) is 0 Å². The molecule has 0 aliphatic carbocycles. The molecule has 0 aliphatic rings. The Morgan fingerprint density at radius 3 is 2.59 bits per heavy atom. The van der Waals surface area contributed by atoms with E-state index in [2.05, 4.69) is 17.6 Å². The summed E-state index contributed by atoms with van der Waals surface area (Å²) < 4.78 is 16.2. The van der Waals surface area contributed by atoms with Gasteiger partial charge < -0.3 is 19.1 Å². The lowest BCUT2D eigenvalue weighted by Gasteiger charge is -2.21. The van der Waals surface area contributed by atoms with Crippen LogP contribution in [-0.4, -0.2) is 24.8 Å². The van der Waals surface area contributed by atoms with Crippen LogP contribution < -0.4 is 9.84 Å². The lowest BCUT2D eigenvalue weighted by molar-refractivity contribution is 0.0520. The summed E-state index contributed by atoms with van der Waals surface area (Å²) in [5.74, 6) is 0.654. The van der Waals surface area contributed by atoms with Gasteiger partial charge in [0.2, 0.25) is 0 Å². The summed E-state index contributed by atoms with van der Waals surface area (Å²) >= 11 is 9.51. The van der Waals surface area contributed by atoms with E-state index in [1.807, 2.05) is 31.2 Å². The van der Waals surface area contributed by atoms with Crippen molar-refractivity contribution in [2.45, 2.75) is 33.3 Å². The fourth-order valence-corrected chi connectivity index (χ4v) is 3.24. The predicted molar refractivity (Wildman–Crippen MR) is 95.3 cm³/mol. The maximum atomic E-state index is 11.5. The summed E-state index contributed by atoms with van der Waals surface area (Å²) in [5.41, 5.74) is -2.28. The monoisotopic (exact) mass is 363 g/mol. The molecular weight excluding hydrogens is 341 g/mol. The number of amides is 1. The summed E-state index contributed by atoms with van der Waals surface area (Å²) in [6.45, 7) is 7.78. The zero-order valence-electron chi connectivity index (χ0n) is 13.2. The van der Waals surface area contributed by atoms with Gasteiger partial charge in [0.1, 0.15) is 11.4 Å². The Kier molecular flexibility index (Phi) is 7.19. The number of carbonyl (C=O) groups is 1. The van der Waals surface area contributed by atoms with Crippen LogP contribution in [0.15, 0.2) is 24.3 Å². The van der Waals surface area contributed by atoms with Crippen molar-refractivity contribution in [3.8, 4) is 5.75 Å². The van der Waals surface area contributed by atoms with Gasteiger partial charge in [-0.15, -0.1) is 0 Å². The Hall–Kier alpha value is -0.750. The average molecular weight is 363 g/mol. The number of benzene rings is 1.